The molecule has 0 fully saturated rings. The van der Waals surface area contributed by atoms with E-state index in [2.05, 4.69) is 26.2 Å². The third kappa shape index (κ3) is 28.3. The molecule has 0 aromatic carbocycles. The van der Waals surface area contributed by atoms with E-state index in [0.717, 1.165) is 6.04 Å². The standard InChI is InChI=1S/C30H63N.ClH/c1-4-6-8-10-12-14-16-18-20-22-24-26-28-30(31-3)29-27-25-23-21-19-17-15-13-11-9-7-5-2;/h30-31H,4-29H2,1-3H3;1H. The van der Waals surface area contributed by atoms with Gasteiger partial charge in [0, 0.05) is 0 Å². The lowest BCUT2D eigenvalue weighted by molar-refractivity contribution is -0.665. The molecular formula is C30H64ClN. The molecule has 0 rings (SSSR count). The Labute approximate surface area is 211 Å². The number of halogens is 1. The number of hydrogen-bond acceptors (Lipinski definition) is 0. The number of hydrogen-bond donors (Lipinski definition) is 1. The van der Waals surface area contributed by atoms with Crippen LogP contribution in [0.25, 0.3) is 0 Å². The zero-order valence-electron chi connectivity index (χ0n) is 22.9. The van der Waals surface area contributed by atoms with Gasteiger partial charge in [-0.2, -0.15) is 0 Å². The molecule has 0 aliphatic heterocycles. The predicted octanol–water partition coefficient (Wildman–Crippen LogP) is 6.73. The van der Waals surface area contributed by atoms with Crippen LogP contribution in [0.3, 0.4) is 0 Å². The first-order valence-electron chi connectivity index (χ1n) is 15.1. The molecule has 32 heavy (non-hydrogen) atoms. The largest absolute Gasteiger partial charge is 1.00 e. The van der Waals surface area contributed by atoms with Crippen molar-refractivity contribution in [1.82, 2.24) is 0 Å². The second-order valence-corrected chi connectivity index (χ2v) is 10.4. The Morgan fingerprint density at radius 3 is 0.812 bits per heavy atom. The topological polar surface area (TPSA) is 16.6 Å². The number of quaternary nitrogens is 1. The summed E-state index contributed by atoms with van der Waals surface area (Å²) in [6.07, 6.45) is 38.0. The van der Waals surface area contributed by atoms with Crippen LogP contribution in [0.15, 0.2) is 0 Å². The van der Waals surface area contributed by atoms with Crippen LogP contribution in [0, 0.1) is 0 Å². The minimum atomic E-state index is 0. The van der Waals surface area contributed by atoms with Gasteiger partial charge >= 0.3 is 0 Å². The predicted molar refractivity (Wildman–Crippen MR) is 143 cm³/mol. The van der Waals surface area contributed by atoms with Crippen LogP contribution in [0.5, 0.6) is 0 Å². The summed E-state index contributed by atoms with van der Waals surface area (Å²) in [5, 5.41) is 2.50. The first kappa shape index (κ1) is 34.4. The first-order valence-corrected chi connectivity index (χ1v) is 15.1. The highest BCUT2D eigenvalue weighted by Gasteiger charge is 2.08. The smallest absolute Gasteiger partial charge is 0.0857 e. The highest BCUT2D eigenvalue weighted by molar-refractivity contribution is 4.57. The van der Waals surface area contributed by atoms with Gasteiger partial charge in [0.2, 0.25) is 0 Å². The Morgan fingerprint density at radius 1 is 0.375 bits per heavy atom. The van der Waals surface area contributed by atoms with E-state index in [1.807, 2.05) is 0 Å². The summed E-state index contributed by atoms with van der Waals surface area (Å²) in [7, 11) is 2.30. The van der Waals surface area contributed by atoms with Crippen LogP contribution in [0.4, 0.5) is 0 Å². The molecule has 0 saturated heterocycles. The second kappa shape index (κ2) is 31.2. The van der Waals surface area contributed by atoms with E-state index in [9.17, 15) is 0 Å². The lowest BCUT2D eigenvalue weighted by Crippen LogP contribution is -3.00. The van der Waals surface area contributed by atoms with Gasteiger partial charge in [-0.25, -0.2) is 0 Å². The van der Waals surface area contributed by atoms with E-state index in [-0.39, 0.29) is 12.4 Å². The fourth-order valence-corrected chi connectivity index (χ4v) is 4.97. The average molecular weight is 474 g/mol. The van der Waals surface area contributed by atoms with Gasteiger partial charge in [0.25, 0.3) is 0 Å². The maximum Gasteiger partial charge on any atom is 0.0857 e. The van der Waals surface area contributed by atoms with Crippen LogP contribution < -0.4 is 17.7 Å². The third-order valence-electron chi connectivity index (χ3n) is 7.33. The van der Waals surface area contributed by atoms with Gasteiger partial charge in [0.15, 0.2) is 0 Å². The van der Waals surface area contributed by atoms with Crippen molar-refractivity contribution in [3.8, 4) is 0 Å². The van der Waals surface area contributed by atoms with Crippen molar-refractivity contribution in [1.29, 1.82) is 0 Å². The molecule has 2 N–H and O–H groups in total. The van der Waals surface area contributed by atoms with Crippen LogP contribution >= 0.6 is 0 Å². The van der Waals surface area contributed by atoms with Crippen molar-refractivity contribution in [3.63, 3.8) is 0 Å². The van der Waals surface area contributed by atoms with E-state index in [0.29, 0.717) is 0 Å². The summed E-state index contributed by atoms with van der Waals surface area (Å²) in [5.74, 6) is 0. The van der Waals surface area contributed by atoms with Crippen molar-refractivity contribution >= 4 is 0 Å². The normalized spacial score (nSPS) is 11.2. The summed E-state index contributed by atoms with van der Waals surface area (Å²) in [5.41, 5.74) is 0. The molecule has 0 atom stereocenters. The summed E-state index contributed by atoms with van der Waals surface area (Å²) in [6, 6.07) is 0.895. The molecule has 0 saturated carbocycles. The first-order chi connectivity index (χ1) is 15.3. The fraction of sp³-hybridized carbons (Fsp3) is 1.00. The number of nitrogens with two attached hydrogens (primary N) is 1. The monoisotopic (exact) mass is 473 g/mol. The third-order valence-corrected chi connectivity index (χ3v) is 7.33. The van der Waals surface area contributed by atoms with Crippen molar-refractivity contribution in [3.05, 3.63) is 0 Å². The molecule has 0 aliphatic carbocycles. The molecule has 0 aromatic heterocycles. The van der Waals surface area contributed by atoms with Gasteiger partial charge in [-0.1, -0.05) is 155 Å². The number of rotatable bonds is 27. The molecule has 1 nitrogen and oxygen atoms in total. The van der Waals surface area contributed by atoms with E-state index in [4.69, 9.17) is 0 Å². The average Bonchev–Trinajstić information content (AvgIpc) is 2.79. The van der Waals surface area contributed by atoms with E-state index in [1.54, 1.807) is 0 Å². The molecule has 2 heteroatoms. The summed E-state index contributed by atoms with van der Waals surface area (Å²) >= 11 is 0. The highest BCUT2D eigenvalue weighted by atomic mass is 35.5. The summed E-state index contributed by atoms with van der Waals surface area (Å²) in [4.78, 5) is 0. The van der Waals surface area contributed by atoms with Crippen molar-refractivity contribution < 1.29 is 17.7 Å². The Balaban J connectivity index is 0. The van der Waals surface area contributed by atoms with Crippen molar-refractivity contribution in [2.75, 3.05) is 7.05 Å². The maximum absolute atomic E-state index is 2.50. The second-order valence-electron chi connectivity index (χ2n) is 10.4. The molecular weight excluding hydrogens is 410 g/mol. The quantitative estimate of drug-likeness (QED) is 0.127. The minimum absolute atomic E-state index is 0. The van der Waals surface area contributed by atoms with E-state index >= 15 is 0 Å². The van der Waals surface area contributed by atoms with Gasteiger partial charge < -0.3 is 17.7 Å². The SMILES string of the molecule is CCCCCCCCCCCCCCC(CCCCCCCCCCCCCC)[NH2+]C.[Cl-]. The van der Waals surface area contributed by atoms with E-state index in [1.165, 1.54) is 167 Å². The van der Waals surface area contributed by atoms with Gasteiger partial charge in [-0.05, 0) is 25.7 Å². The maximum atomic E-state index is 2.50. The Kier molecular flexibility index (Phi) is 33.6. The van der Waals surface area contributed by atoms with Crippen LogP contribution in [-0.4, -0.2) is 13.1 Å². The van der Waals surface area contributed by atoms with Gasteiger partial charge in [0.05, 0.1) is 13.1 Å². The number of unbranched alkanes of at least 4 members (excludes halogenated alkanes) is 22. The molecule has 196 valence electrons. The molecule has 0 radical (unpaired) electrons. The molecule has 0 spiro atoms. The Bertz CT molecular complexity index is 279. The van der Waals surface area contributed by atoms with Crippen molar-refractivity contribution in [2.24, 2.45) is 0 Å². The Morgan fingerprint density at radius 2 is 0.594 bits per heavy atom. The highest BCUT2D eigenvalue weighted by Crippen LogP contribution is 2.15. The molecule has 0 heterocycles. The van der Waals surface area contributed by atoms with Crippen molar-refractivity contribution in [2.45, 2.75) is 187 Å². The zero-order valence-corrected chi connectivity index (χ0v) is 23.7. The lowest BCUT2D eigenvalue weighted by atomic mass is 9.99. The summed E-state index contributed by atoms with van der Waals surface area (Å²) < 4.78 is 0. The van der Waals surface area contributed by atoms with Gasteiger partial charge in [-0.15, -0.1) is 0 Å². The summed E-state index contributed by atoms with van der Waals surface area (Å²) in [6.45, 7) is 4.61. The Hall–Kier alpha value is 0.250. The lowest BCUT2D eigenvalue weighted by Gasteiger charge is -2.13. The molecule has 0 aliphatic rings. The van der Waals surface area contributed by atoms with E-state index < -0.39 is 0 Å². The van der Waals surface area contributed by atoms with Gasteiger partial charge in [0.1, 0.15) is 0 Å². The fourth-order valence-electron chi connectivity index (χ4n) is 4.97. The van der Waals surface area contributed by atoms with Crippen LogP contribution in [-0.2, 0) is 0 Å². The molecule has 0 bridgehead atoms. The van der Waals surface area contributed by atoms with Crippen LogP contribution in [0.2, 0.25) is 0 Å². The molecule has 0 amide bonds. The molecule has 0 unspecified atom stereocenters. The molecule has 0 aromatic rings. The van der Waals surface area contributed by atoms with Gasteiger partial charge in [-0.3, -0.25) is 0 Å². The van der Waals surface area contributed by atoms with Crippen LogP contribution in [0.1, 0.15) is 181 Å². The minimum Gasteiger partial charge on any atom is -1.00 e. The zero-order chi connectivity index (χ0) is 22.7.